The van der Waals surface area contributed by atoms with Gasteiger partial charge in [-0.05, 0) is 37.6 Å². The highest BCUT2D eigenvalue weighted by Crippen LogP contribution is 2.31. The fourth-order valence-corrected chi connectivity index (χ4v) is 3.49. The van der Waals surface area contributed by atoms with Crippen molar-refractivity contribution in [3.63, 3.8) is 0 Å². The van der Waals surface area contributed by atoms with E-state index in [1.807, 2.05) is 6.07 Å². The molecule has 4 nitrogen and oxygen atoms in total. The first-order valence-corrected chi connectivity index (χ1v) is 7.86. The van der Waals surface area contributed by atoms with Crippen LogP contribution >= 0.6 is 0 Å². The van der Waals surface area contributed by atoms with Crippen molar-refractivity contribution in [3.8, 4) is 5.75 Å². The number of methoxy groups -OCH3 is 1. The van der Waals surface area contributed by atoms with Gasteiger partial charge in [-0.25, -0.2) is 0 Å². The van der Waals surface area contributed by atoms with Gasteiger partial charge in [-0.1, -0.05) is 12.1 Å². The molecule has 0 unspecified atom stereocenters. The number of rotatable bonds is 3. The van der Waals surface area contributed by atoms with Crippen LogP contribution in [0.2, 0.25) is 0 Å². The number of morpholine rings is 1. The number of likely N-dealkylation sites (N-methyl/N-ethyl adjacent to an activating group) is 1. The highest BCUT2D eigenvalue weighted by Gasteiger charge is 2.40. The first-order valence-electron chi connectivity index (χ1n) is 7.86. The second-order valence-corrected chi connectivity index (χ2v) is 6.33. The highest BCUT2D eigenvalue weighted by molar-refractivity contribution is 5.28. The zero-order valence-electron chi connectivity index (χ0n) is 13.2. The zero-order chi connectivity index (χ0) is 14.7. The number of benzene rings is 1. The minimum Gasteiger partial charge on any atom is -0.497 e. The average Bonchev–Trinajstić information content (AvgIpc) is 2.53. The molecule has 0 amide bonds. The van der Waals surface area contributed by atoms with E-state index in [1.54, 1.807) is 7.11 Å². The van der Waals surface area contributed by atoms with Gasteiger partial charge < -0.3 is 9.47 Å². The molecule has 1 aromatic rings. The van der Waals surface area contributed by atoms with Crippen LogP contribution in [0.15, 0.2) is 24.3 Å². The monoisotopic (exact) mass is 290 g/mol. The van der Waals surface area contributed by atoms with Crippen LogP contribution in [0, 0.1) is 0 Å². The number of nitrogens with zero attached hydrogens (tertiary/aromatic N) is 2. The summed E-state index contributed by atoms with van der Waals surface area (Å²) in [5.41, 5.74) is 1.61. The van der Waals surface area contributed by atoms with E-state index in [-0.39, 0.29) is 5.54 Å². The Morgan fingerprint density at radius 3 is 2.76 bits per heavy atom. The third-order valence-electron chi connectivity index (χ3n) is 5.08. The predicted molar refractivity (Wildman–Crippen MR) is 83.7 cm³/mol. The van der Waals surface area contributed by atoms with Gasteiger partial charge in [-0.3, -0.25) is 9.80 Å². The van der Waals surface area contributed by atoms with Crippen molar-refractivity contribution in [2.75, 3.05) is 47.0 Å². The van der Waals surface area contributed by atoms with E-state index < -0.39 is 0 Å². The van der Waals surface area contributed by atoms with Crippen molar-refractivity contribution in [2.45, 2.75) is 24.9 Å². The molecule has 2 saturated heterocycles. The quantitative estimate of drug-likeness (QED) is 0.850. The van der Waals surface area contributed by atoms with Gasteiger partial charge in [0.15, 0.2) is 0 Å². The van der Waals surface area contributed by atoms with Crippen LogP contribution in [-0.4, -0.2) is 62.3 Å². The minimum absolute atomic E-state index is 0.281. The molecular weight excluding hydrogens is 264 g/mol. The lowest BCUT2D eigenvalue weighted by Gasteiger charge is -2.49. The number of piperidine rings is 1. The lowest BCUT2D eigenvalue weighted by atomic mass is 9.85. The lowest BCUT2D eigenvalue weighted by Crippen LogP contribution is -2.59. The first-order chi connectivity index (χ1) is 10.2. The highest BCUT2D eigenvalue weighted by atomic mass is 16.5. The van der Waals surface area contributed by atoms with Crippen LogP contribution in [0.1, 0.15) is 18.4 Å². The fourth-order valence-electron chi connectivity index (χ4n) is 3.49. The molecule has 21 heavy (non-hydrogen) atoms. The molecule has 0 saturated carbocycles. The van der Waals surface area contributed by atoms with E-state index in [2.05, 4.69) is 35.0 Å². The van der Waals surface area contributed by atoms with Crippen molar-refractivity contribution >= 4 is 0 Å². The van der Waals surface area contributed by atoms with Gasteiger partial charge in [0.05, 0.1) is 20.3 Å². The van der Waals surface area contributed by atoms with Gasteiger partial charge in [-0.2, -0.15) is 0 Å². The van der Waals surface area contributed by atoms with Gasteiger partial charge in [0.1, 0.15) is 5.75 Å². The number of hydrogen-bond acceptors (Lipinski definition) is 4. The molecule has 2 heterocycles. The molecule has 3 rings (SSSR count). The summed E-state index contributed by atoms with van der Waals surface area (Å²) in [5.74, 6) is 0.946. The Morgan fingerprint density at radius 1 is 1.24 bits per heavy atom. The van der Waals surface area contributed by atoms with Crippen LogP contribution in [0.3, 0.4) is 0 Å². The van der Waals surface area contributed by atoms with E-state index in [1.165, 1.54) is 18.4 Å². The van der Waals surface area contributed by atoms with Crippen molar-refractivity contribution in [1.29, 1.82) is 0 Å². The SMILES string of the molecule is COc1cccc(CN2CCC3(CC2)COCCN3C)c1. The number of likely N-dealkylation sites (tertiary alicyclic amines) is 1. The molecule has 0 N–H and O–H groups in total. The molecule has 2 aliphatic rings. The van der Waals surface area contributed by atoms with Crippen molar-refractivity contribution in [2.24, 2.45) is 0 Å². The smallest absolute Gasteiger partial charge is 0.119 e. The molecule has 2 aliphatic heterocycles. The van der Waals surface area contributed by atoms with Crippen LogP contribution in [0.4, 0.5) is 0 Å². The second kappa shape index (κ2) is 6.34. The molecular formula is C17H26N2O2. The minimum atomic E-state index is 0.281. The topological polar surface area (TPSA) is 24.9 Å². The summed E-state index contributed by atoms with van der Waals surface area (Å²) in [4.78, 5) is 5.06. The molecule has 2 fully saturated rings. The normalized spacial score (nSPS) is 23.3. The molecule has 1 aromatic carbocycles. The Balaban J connectivity index is 1.58. The van der Waals surface area contributed by atoms with Crippen LogP contribution in [0.25, 0.3) is 0 Å². The maximum Gasteiger partial charge on any atom is 0.119 e. The predicted octanol–water partition coefficient (Wildman–Crippen LogP) is 1.99. The summed E-state index contributed by atoms with van der Waals surface area (Å²) in [6, 6.07) is 8.40. The molecule has 0 radical (unpaired) electrons. The molecule has 0 aromatic heterocycles. The van der Waals surface area contributed by atoms with Crippen molar-refractivity contribution < 1.29 is 9.47 Å². The summed E-state index contributed by atoms with van der Waals surface area (Å²) in [6.07, 6.45) is 2.40. The largest absolute Gasteiger partial charge is 0.497 e. The third kappa shape index (κ3) is 3.23. The van der Waals surface area contributed by atoms with Gasteiger partial charge in [-0.15, -0.1) is 0 Å². The Morgan fingerprint density at radius 2 is 2.05 bits per heavy atom. The van der Waals surface area contributed by atoms with E-state index in [0.29, 0.717) is 0 Å². The molecule has 0 atom stereocenters. The van der Waals surface area contributed by atoms with Crippen molar-refractivity contribution in [3.05, 3.63) is 29.8 Å². The Hall–Kier alpha value is -1.10. The molecule has 0 bridgehead atoms. The Kier molecular flexibility index (Phi) is 4.48. The van der Waals surface area contributed by atoms with Crippen LogP contribution in [0.5, 0.6) is 5.75 Å². The zero-order valence-corrected chi connectivity index (χ0v) is 13.2. The molecule has 4 heteroatoms. The third-order valence-corrected chi connectivity index (χ3v) is 5.08. The van der Waals surface area contributed by atoms with E-state index in [9.17, 15) is 0 Å². The fraction of sp³-hybridized carbons (Fsp3) is 0.647. The Bertz CT molecular complexity index is 470. The molecule has 0 aliphatic carbocycles. The number of ether oxygens (including phenoxy) is 2. The summed E-state index contributed by atoms with van der Waals surface area (Å²) in [5, 5.41) is 0. The van der Waals surface area contributed by atoms with E-state index in [0.717, 1.165) is 45.1 Å². The van der Waals surface area contributed by atoms with E-state index in [4.69, 9.17) is 9.47 Å². The summed E-state index contributed by atoms with van der Waals surface area (Å²) >= 11 is 0. The first kappa shape index (κ1) is 14.8. The van der Waals surface area contributed by atoms with Crippen LogP contribution in [-0.2, 0) is 11.3 Å². The molecule has 116 valence electrons. The maximum absolute atomic E-state index is 5.74. The Labute approximate surface area is 127 Å². The lowest BCUT2D eigenvalue weighted by molar-refractivity contribution is -0.0836. The number of hydrogen-bond donors (Lipinski definition) is 0. The maximum atomic E-state index is 5.74. The summed E-state index contributed by atoms with van der Waals surface area (Å²) in [6.45, 7) is 6.14. The summed E-state index contributed by atoms with van der Waals surface area (Å²) in [7, 11) is 3.98. The van der Waals surface area contributed by atoms with Gasteiger partial charge in [0, 0.05) is 31.7 Å². The van der Waals surface area contributed by atoms with Gasteiger partial charge >= 0.3 is 0 Å². The summed E-state index contributed by atoms with van der Waals surface area (Å²) < 4.78 is 11.0. The van der Waals surface area contributed by atoms with Crippen molar-refractivity contribution in [1.82, 2.24) is 9.80 Å². The van der Waals surface area contributed by atoms with Gasteiger partial charge in [0.2, 0.25) is 0 Å². The standard InChI is InChI=1S/C17H26N2O2/c1-18-10-11-21-14-17(18)6-8-19(9-7-17)13-15-4-3-5-16(12-15)20-2/h3-5,12H,6-11,13-14H2,1-2H3. The molecule has 1 spiro atoms. The second-order valence-electron chi connectivity index (χ2n) is 6.33. The average molecular weight is 290 g/mol. The van der Waals surface area contributed by atoms with Gasteiger partial charge in [0.25, 0.3) is 0 Å². The van der Waals surface area contributed by atoms with E-state index >= 15 is 0 Å². The van der Waals surface area contributed by atoms with Crippen LogP contribution < -0.4 is 4.74 Å².